The van der Waals surface area contributed by atoms with Crippen LogP contribution in [0, 0.1) is 5.92 Å². The number of benzene rings is 1. The first-order valence-electron chi connectivity index (χ1n) is 5.08. The van der Waals surface area contributed by atoms with Crippen LogP contribution in [0.3, 0.4) is 0 Å². The molecule has 16 heavy (non-hydrogen) atoms. The molecule has 0 aliphatic heterocycles. The minimum absolute atomic E-state index is 0.227. The number of hydrogen-bond acceptors (Lipinski definition) is 4. The van der Waals surface area contributed by atoms with Crippen LogP contribution >= 0.6 is 0 Å². The van der Waals surface area contributed by atoms with E-state index in [4.69, 9.17) is 0 Å². The molecule has 1 aromatic heterocycles. The summed E-state index contributed by atoms with van der Waals surface area (Å²) in [6, 6.07) is 7.65. The van der Waals surface area contributed by atoms with E-state index in [-0.39, 0.29) is 11.9 Å². The van der Waals surface area contributed by atoms with E-state index in [9.17, 15) is 4.79 Å². The molecule has 1 atom stereocenters. The van der Waals surface area contributed by atoms with Crippen LogP contribution in [-0.2, 0) is 16.1 Å². The van der Waals surface area contributed by atoms with Crippen molar-refractivity contribution in [3.05, 3.63) is 24.3 Å². The summed E-state index contributed by atoms with van der Waals surface area (Å²) in [4.78, 5) is 11.3. The molecule has 5 nitrogen and oxygen atoms in total. The van der Waals surface area contributed by atoms with Crippen LogP contribution in [0.2, 0.25) is 0 Å². The molecule has 0 saturated carbocycles. The molecule has 0 radical (unpaired) electrons. The number of esters is 1. The minimum Gasteiger partial charge on any atom is -0.469 e. The Kier molecular flexibility index (Phi) is 2.85. The average Bonchev–Trinajstić information content (AvgIpc) is 2.72. The first kappa shape index (κ1) is 10.6. The van der Waals surface area contributed by atoms with Crippen molar-refractivity contribution in [1.29, 1.82) is 0 Å². The monoisotopic (exact) mass is 219 g/mol. The highest BCUT2D eigenvalue weighted by atomic mass is 16.5. The van der Waals surface area contributed by atoms with Gasteiger partial charge in [-0.25, -0.2) is 4.68 Å². The molecule has 2 rings (SSSR count). The fraction of sp³-hybridized carbons (Fsp3) is 0.364. The molecule has 0 bridgehead atoms. The lowest BCUT2D eigenvalue weighted by atomic mass is 10.2. The van der Waals surface area contributed by atoms with Gasteiger partial charge in [-0.15, -0.1) is 5.10 Å². The van der Waals surface area contributed by atoms with Crippen LogP contribution < -0.4 is 0 Å². The molecule has 1 heterocycles. The van der Waals surface area contributed by atoms with Crippen LogP contribution in [0.5, 0.6) is 0 Å². The van der Waals surface area contributed by atoms with Gasteiger partial charge in [0.15, 0.2) is 0 Å². The largest absolute Gasteiger partial charge is 0.469 e. The van der Waals surface area contributed by atoms with Gasteiger partial charge in [0.25, 0.3) is 0 Å². The Balaban J connectivity index is 2.24. The van der Waals surface area contributed by atoms with Gasteiger partial charge in [-0.1, -0.05) is 24.3 Å². The molecule has 2 aromatic rings. The maximum Gasteiger partial charge on any atom is 0.310 e. The molecule has 0 fully saturated rings. The molecular weight excluding hydrogens is 206 g/mol. The number of nitrogens with zero attached hydrogens (tertiary/aromatic N) is 3. The summed E-state index contributed by atoms with van der Waals surface area (Å²) in [5.74, 6) is -0.463. The van der Waals surface area contributed by atoms with Crippen LogP contribution in [0.1, 0.15) is 6.92 Å². The lowest BCUT2D eigenvalue weighted by Gasteiger charge is -2.08. The van der Waals surface area contributed by atoms with Crippen molar-refractivity contribution < 1.29 is 9.53 Å². The number of ether oxygens (including phenoxy) is 1. The Hall–Kier alpha value is -1.91. The SMILES string of the molecule is COC(=O)C(C)Cn1nnc2ccccc21. The highest BCUT2D eigenvalue weighted by Crippen LogP contribution is 2.12. The van der Waals surface area contributed by atoms with E-state index in [0.29, 0.717) is 6.54 Å². The first-order chi connectivity index (χ1) is 7.72. The Bertz CT molecular complexity index is 507. The molecular formula is C11H13N3O2. The van der Waals surface area contributed by atoms with Gasteiger partial charge < -0.3 is 4.74 Å². The lowest BCUT2D eigenvalue weighted by molar-refractivity contribution is -0.145. The molecule has 0 saturated heterocycles. The summed E-state index contributed by atoms with van der Waals surface area (Å²) in [7, 11) is 1.39. The Labute approximate surface area is 93.0 Å². The second-order valence-corrected chi connectivity index (χ2v) is 3.68. The number of carbonyl (C=O) groups is 1. The zero-order chi connectivity index (χ0) is 11.5. The summed E-state index contributed by atoms with van der Waals surface area (Å²) in [5.41, 5.74) is 1.76. The van der Waals surface area contributed by atoms with E-state index in [1.807, 2.05) is 31.2 Å². The number of hydrogen-bond donors (Lipinski definition) is 0. The van der Waals surface area contributed by atoms with E-state index >= 15 is 0 Å². The topological polar surface area (TPSA) is 57.0 Å². The number of para-hydroxylation sites is 1. The second-order valence-electron chi connectivity index (χ2n) is 3.68. The fourth-order valence-corrected chi connectivity index (χ4v) is 1.59. The standard InChI is InChI=1S/C11H13N3O2/c1-8(11(15)16-2)7-14-10-6-4-3-5-9(10)12-13-14/h3-6,8H,7H2,1-2H3. The van der Waals surface area contributed by atoms with Gasteiger partial charge in [0.05, 0.1) is 25.1 Å². The maximum atomic E-state index is 11.3. The Morgan fingerprint density at radius 1 is 1.50 bits per heavy atom. The van der Waals surface area contributed by atoms with Crippen LogP contribution in [-0.4, -0.2) is 28.1 Å². The van der Waals surface area contributed by atoms with Gasteiger partial charge in [-0.2, -0.15) is 0 Å². The molecule has 0 aliphatic rings. The second kappa shape index (κ2) is 4.30. The van der Waals surface area contributed by atoms with Crippen molar-refractivity contribution in [1.82, 2.24) is 15.0 Å². The lowest BCUT2D eigenvalue weighted by Crippen LogP contribution is -2.19. The number of rotatable bonds is 3. The Morgan fingerprint density at radius 2 is 2.25 bits per heavy atom. The highest BCUT2D eigenvalue weighted by molar-refractivity contribution is 5.75. The van der Waals surface area contributed by atoms with Gasteiger partial charge in [-0.05, 0) is 12.1 Å². The van der Waals surface area contributed by atoms with Crippen LogP contribution in [0.25, 0.3) is 11.0 Å². The highest BCUT2D eigenvalue weighted by Gasteiger charge is 2.15. The van der Waals surface area contributed by atoms with Crippen molar-refractivity contribution in [3.63, 3.8) is 0 Å². The summed E-state index contributed by atoms with van der Waals surface area (Å²) in [6.07, 6.45) is 0. The van der Waals surface area contributed by atoms with Crippen LogP contribution in [0.15, 0.2) is 24.3 Å². The molecule has 0 aliphatic carbocycles. The third-order valence-corrected chi connectivity index (χ3v) is 2.47. The third kappa shape index (κ3) is 1.88. The van der Waals surface area contributed by atoms with E-state index in [1.54, 1.807) is 4.68 Å². The number of aromatic nitrogens is 3. The molecule has 84 valence electrons. The molecule has 0 N–H and O–H groups in total. The van der Waals surface area contributed by atoms with Gasteiger partial charge in [0.1, 0.15) is 5.52 Å². The number of methoxy groups -OCH3 is 1. The zero-order valence-electron chi connectivity index (χ0n) is 9.25. The van der Waals surface area contributed by atoms with E-state index < -0.39 is 0 Å². The van der Waals surface area contributed by atoms with Crippen LogP contribution in [0.4, 0.5) is 0 Å². The van der Waals surface area contributed by atoms with E-state index in [2.05, 4.69) is 15.0 Å². The number of carbonyl (C=O) groups excluding carboxylic acids is 1. The van der Waals surface area contributed by atoms with Crippen molar-refractivity contribution in [2.24, 2.45) is 5.92 Å². The summed E-state index contributed by atoms with van der Waals surface area (Å²) >= 11 is 0. The minimum atomic E-state index is -0.236. The quantitative estimate of drug-likeness (QED) is 0.729. The van der Waals surface area contributed by atoms with Crippen molar-refractivity contribution >= 4 is 17.0 Å². The predicted molar refractivity (Wildman–Crippen MR) is 58.7 cm³/mol. The first-order valence-corrected chi connectivity index (χ1v) is 5.08. The maximum absolute atomic E-state index is 11.3. The predicted octanol–water partition coefficient (Wildman–Crippen LogP) is 1.24. The molecule has 1 aromatic carbocycles. The van der Waals surface area contributed by atoms with Crippen molar-refractivity contribution in [2.75, 3.05) is 7.11 Å². The smallest absolute Gasteiger partial charge is 0.310 e. The zero-order valence-corrected chi connectivity index (χ0v) is 9.25. The summed E-state index contributed by atoms with van der Waals surface area (Å²) < 4.78 is 6.39. The van der Waals surface area contributed by atoms with Gasteiger partial charge in [0, 0.05) is 0 Å². The molecule has 0 amide bonds. The van der Waals surface area contributed by atoms with Gasteiger partial charge >= 0.3 is 5.97 Å². The van der Waals surface area contributed by atoms with Gasteiger partial charge in [-0.3, -0.25) is 4.79 Å². The molecule has 1 unspecified atom stereocenters. The van der Waals surface area contributed by atoms with Crippen molar-refractivity contribution in [2.45, 2.75) is 13.5 Å². The summed E-state index contributed by atoms with van der Waals surface area (Å²) in [5, 5.41) is 8.03. The summed E-state index contributed by atoms with van der Waals surface area (Å²) in [6.45, 7) is 2.29. The Morgan fingerprint density at radius 3 is 3.00 bits per heavy atom. The fourth-order valence-electron chi connectivity index (χ4n) is 1.59. The molecule has 0 spiro atoms. The molecule has 5 heteroatoms. The van der Waals surface area contributed by atoms with E-state index in [0.717, 1.165) is 11.0 Å². The normalized spacial score (nSPS) is 12.6. The van der Waals surface area contributed by atoms with Gasteiger partial charge in [0.2, 0.25) is 0 Å². The number of fused-ring (bicyclic) bond motifs is 1. The van der Waals surface area contributed by atoms with Crippen molar-refractivity contribution in [3.8, 4) is 0 Å². The third-order valence-electron chi connectivity index (χ3n) is 2.47. The van der Waals surface area contributed by atoms with E-state index in [1.165, 1.54) is 7.11 Å². The average molecular weight is 219 g/mol.